The molecule has 4 heteroatoms. The van der Waals surface area contributed by atoms with Crippen molar-refractivity contribution in [1.29, 1.82) is 0 Å². The van der Waals surface area contributed by atoms with Gasteiger partial charge in [-0.05, 0) is 77.8 Å². The number of aryl methyl sites for hydroxylation is 1. The van der Waals surface area contributed by atoms with E-state index in [1.807, 2.05) is 0 Å². The number of rotatable bonds is 4. The molecule has 4 aliphatic rings. The molecule has 0 radical (unpaired) electrons. The van der Waals surface area contributed by atoms with Crippen molar-refractivity contribution in [3.8, 4) is 0 Å². The smallest absolute Gasteiger partial charge is 0.178 e. The van der Waals surface area contributed by atoms with Gasteiger partial charge in [0.1, 0.15) is 5.69 Å². The van der Waals surface area contributed by atoms with Crippen LogP contribution in [0.25, 0.3) is 0 Å². The maximum absolute atomic E-state index is 5.21. The average Bonchev–Trinajstić information content (AvgIpc) is 3.08. The molecular formula is C29H42N3S+. The van der Waals surface area contributed by atoms with E-state index < -0.39 is 0 Å². The van der Waals surface area contributed by atoms with Gasteiger partial charge in [-0.15, -0.1) is 0 Å². The molecule has 3 unspecified atom stereocenters. The number of aliphatic imine (C=N–C) groups is 1. The lowest BCUT2D eigenvalue weighted by atomic mass is 9.84. The lowest BCUT2D eigenvalue weighted by molar-refractivity contribution is 0.300. The molecule has 33 heavy (non-hydrogen) atoms. The number of piperidine rings is 1. The van der Waals surface area contributed by atoms with Gasteiger partial charge in [0.25, 0.3) is 0 Å². The fourth-order valence-corrected chi connectivity index (χ4v) is 6.75. The van der Waals surface area contributed by atoms with Crippen molar-refractivity contribution in [2.75, 3.05) is 31.1 Å². The molecule has 0 bridgehead atoms. The standard InChI is InChI=1S/C29H41N3S/c1-8-20-12-21(32-14-19(3)28(4,5)17-32)9-10-25(20)30-27-18(2)11-22(13-26(27)33)31-15-23-24(16-31)29(23,6)7/h9,11-13,19,23-24,33H,8,10,14-17H2,1-7H3/p+1. The van der Waals surface area contributed by atoms with Crippen molar-refractivity contribution in [1.82, 2.24) is 4.90 Å². The van der Waals surface area contributed by atoms with Crippen molar-refractivity contribution in [3.63, 3.8) is 0 Å². The van der Waals surface area contributed by atoms with Crippen molar-refractivity contribution < 1.29 is 0 Å². The Morgan fingerprint density at radius 3 is 2.33 bits per heavy atom. The van der Waals surface area contributed by atoms with Crippen LogP contribution in [0.4, 0.5) is 11.4 Å². The molecule has 2 aliphatic heterocycles. The highest BCUT2D eigenvalue weighted by molar-refractivity contribution is 7.59. The summed E-state index contributed by atoms with van der Waals surface area (Å²) in [6.45, 7) is 21.2. The number of hydrogen-bond acceptors (Lipinski definition) is 3. The molecular weight excluding hydrogens is 422 g/mol. The van der Waals surface area contributed by atoms with Gasteiger partial charge in [0.05, 0.1) is 0 Å². The van der Waals surface area contributed by atoms with Gasteiger partial charge in [-0.25, -0.2) is 4.99 Å². The summed E-state index contributed by atoms with van der Waals surface area (Å²) >= 11 is 3.93. The van der Waals surface area contributed by atoms with Crippen LogP contribution >= 0.6 is 0 Å². The minimum atomic E-state index is 0.379. The zero-order valence-electron chi connectivity index (χ0n) is 21.6. The first-order chi connectivity index (χ1) is 15.5. The minimum absolute atomic E-state index is 0.379. The second-order valence-corrected chi connectivity index (χ2v) is 12.8. The Balaban J connectivity index is 1.35. The third-order valence-corrected chi connectivity index (χ3v) is 9.77. The highest BCUT2D eigenvalue weighted by Crippen LogP contribution is 2.62. The highest BCUT2D eigenvalue weighted by atomic mass is 32.1. The van der Waals surface area contributed by atoms with Crippen LogP contribution in [0.5, 0.6) is 0 Å². The van der Waals surface area contributed by atoms with E-state index in [-0.39, 0.29) is 0 Å². The molecule has 5 rings (SSSR count). The number of benzene rings is 1. The largest absolute Gasteiger partial charge is 0.371 e. The number of nitrogens with zero attached hydrogens (tertiary/aromatic N) is 3. The molecule has 0 aromatic heterocycles. The summed E-state index contributed by atoms with van der Waals surface area (Å²) < 4.78 is 0. The van der Waals surface area contributed by atoms with Crippen LogP contribution in [0.15, 0.2) is 45.4 Å². The highest BCUT2D eigenvalue weighted by Gasteiger charge is 2.61. The Morgan fingerprint density at radius 1 is 1.06 bits per heavy atom. The Bertz CT molecular complexity index is 1020. The normalized spacial score (nSPS) is 31.0. The van der Waals surface area contributed by atoms with Gasteiger partial charge < -0.3 is 9.80 Å². The second-order valence-electron chi connectivity index (χ2n) is 12.3. The molecule has 0 spiro atoms. The van der Waals surface area contributed by atoms with Crippen molar-refractivity contribution in [2.24, 2.45) is 33.6 Å². The first-order valence-corrected chi connectivity index (χ1v) is 13.4. The summed E-state index contributed by atoms with van der Waals surface area (Å²) in [7, 11) is 0. The zero-order chi connectivity index (χ0) is 23.7. The van der Waals surface area contributed by atoms with E-state index >= 15 is 0 Å². The van der Waals surface area contributed by atoms with Gasteiger partial charge in [0.15, 0.2) is 4.90 Å². The number of hydrogen-bond donors (Lipinski definition) is 0. The van der Waals surface area contributed by atoms with Crippen LogP contribution in [0, 0.1) is 35.5 Å². The minimum Gasteiger partial charge on any atom is -0.371 e. The average molecular weight is 465 g/mol. The molecule has 3 atom stereocenters. The second kappa shape index (κ2) is 7.93. The number of likely N-dealkylation sites (tertiary alicyclic amines) is 1. The van der Waals surface area contributed by atoms with Crippen molar-refractivity contribution in [2.45, 2.75) is 66.2 Å². The molecule has 1 saturated carbocycles. The van der Waals surface area contributed by atoms with E-state index in [1.54, 1.807) is 0 Å². The SMILES string of the molecule is CCC1=CC(N2CC(C)C(C)(C)C2)=CCC1=Nc1c(C)cc(N2CC3C(C2)C3(C)C)cc1[SH2+]. The quantitative estimate of drug-likeness (QED) is 0.499. The maximum Gasteiger partial charge on any atom is 0.178 e. The summed E-state index contributed by atoms with van der Waals surface area (Å²) in [6, 6.07) is 4.63. The van der Waals surface area contributed by atoms with Crippen LogP contribution in [-0.4, -0.2) is 36.8 Å². The Kier molecular flexibility index (Phi) is 5.55. The van der Waals surface area contributed by atoms with Gasteiger partial charge in [-0.2, -0.15) is 0 Å². The number of allylic oxidation sites excluding steroid dienone is 3. The predicted octanol–water partition coefficient (Wildman–Crippen LogP) is 6.13. The molecule has 0 amide bonds. The van der Waals surface area contributed by atoms with E-state index in [2.05, 4.69) is 95.2 Å². The molecule has 3 fully saturated rings. The van der Waals surface area contributed by atoms with Crippen LogP contribution in [0.2, 0.25) is 0 Å². The first kappa shape index (κ1) is 23.1. The summed E-state index contributed by atoms with van der Waals surface area (Å²) in [5.41, 5.74) is 8.59. The third-order valence-electron chi connectivity index (χ3n) is 9.39. The van der Waals surface area contributed by atoms with E-state index in [1.165, 1.54) is 41.3 Å². The van der Waals surface area contributed by atoms with Crippen LogP contribution in [-0.2, 0) is 12.6 Å². The fourth-order valence-electron chi connectivity index (χ4n) is 6.35. The summed E-state index contributed by atoms with van der Waals surface area (Å²) in [5, 5.41) is 0. The van der Waals surface area contributed by atoms with Crippen LogP contribution in [0.3, 0.4) is 0 Å². The molecule has 2 saturated heterocycles. The van der Waals surface area contributed by atoms with Gasteiger partial charge in [0, 0.05) is 55.8 Å². The first-order valence-electron chi connectivity index (χ1n) is 12.9. The summed E-state index contributed by atoms with van der Waals surface area (Å²) in [6.07, 6.45) is 6.72. The topological polar surface area (TPSA) is 18.8 Å². The Labute approximate surface area is 206 Å². The predicted molar refractivity (Wildman–Crippen MR) is 145 cm³/mol. The number of fused-ring (bicyclic) bond motifs is 1. The molecule has 3 nitrogen and oxygen atoms in total. The summed E-state index contributed by atoms with van der Waals surface area (Å²) in [4.78, 5) is 11.5. The van der Waals surface area contributed by atoms with Crippen molar-refractivity contribution >= 4 is 29.7 Å². The Morgan fingerprint density at radius 2 is 1.76 bits per heavy atom. The maximum atomic E-state index is 5.21. The summed E-state index contributed by atoms with van der Waals surface area (Å²) in [5.74, 6) is 2.44. The lowest BCUT2D eigenvalue weighted by Crippen LogP contribution is -2.26. The van der Waals surface area contributed by atoms with Crippen LogP contribution in [0.1, 0.15) is 59.9 Å². The molecule has 1 aromatic carbocycles. The number of anilines is 1. The van der Waals surface area contributed by atoms with E-state index in [0.29, 0.717) is 10.8 Å². The molecule has 2 aliphatic carbocycles. The molecule has 178 valence electrons. The Hall–Kier alpha value is -1.68. The monoisotopic (exact) mass is 464 g/mol. The van der Waals surface area contributed by atoms with Gasteiger partial charge >= 0.3 is 0 Å². The van der Waals surface area contributed by atoms with E-state index in [0.717, 1.165) is 54.3 Å². The fraction of sp³-hybridized carbons (Fsp3) is 0.621. The third kappa shape index (κ3) is 3.96. The van der Waals surface area contributed by atoms with E-state index in [9.17, 15) is 0 Å². The van der Waals surface area contributed by atoms with E-state index in [4.69, 9.17) is 4.99 Å². The lowest BCUT2D eigenvalue weighted by Gasteiger charge is -2.26. The zero-order valence-corrected chi connectivity index (χ0v) is 22.6. The van der Waals surface area contributed by atoms with Crippen LogP contribution < -0.4 is 4.90 Å². The van der Waals surface area contributed by atoms with Gasteiger partial charge in [-0.1, -0.05) is 47.6 Å². The van der Waals surface area contributed by atoms with Gasteiger partial charge in [0.2, 0.25) is 0 Å². The molecule has 1 aromatic rings. The van der Waals surface area contributed by atoms with Crippen molar-refractivity contribution in [3.05, 3.63) is 41.1 Å². The molecule has 0 N–H and O–H groups in total. The van der Waals surface area contributed by atoms with Gasteiger partial charge in [-0.3, -0.25) is 0 Å². The molecule has 2 heterocycles.